The predicted molar refractivity (Wildman–Crippen MR) is 75.3 cm³/mol. The first-order chi connectivity index (χ1) is 9.17. The second kappa shape index (κ2) is 9.26. The summed E-state index contributed by atoms with van der Waals surface area (Å²) in [6.07, 6.45) is 1.61. The molecule has 1 N–H and O–H groups in total. The zero-order valence-electron chi connectivity index (χ0n) is 11.4. The van der Waals surface area contributed by atoms with Crippen LogP contribution in [0.15, 0.2) is 18.2 Å². The van der Waals surface area contributed by atoms with Crippen molar-refractivity contribution in [3.8, 4) is 0 Å². The molecule has 0 aliphatic rings. The molecule has 108 valence electrons. The van der Waals surface area contributed by atoms with Gasteiger partial charge in [0.1, 0.15) is 5.82 Å². The molecule has 0 saturated heterocycles. The summed E-state index contributed by atoms with van der Waals surface area (Å²) in [5, 5.41) is 3.37. The second-order valence-electron chi connectivity index (χ2n) is 4.33. The molecule has 0 radical (unpaired) electrons. The zero-order valence-corrected chi connectivity index (χ0v) is 12.2. The second-order valence-corrected chi connectivity index (χ2v) is 4.74. The van der Waals surface area contributed by atoms with Crippen LogP contribution < -0.4 is 5.32 Å². The molecule has 0 fully saturated rings. The summed E-state index contributed by atoms with van der Waals surface area (Å²) < 4.78 is 23.7. The van der Waals surface area contributed by atoms with Crippen LogP contribution in [0.2, 0.25) is 5.02 Å². The van der Waals surface area contributed by atoms with Crippen LogP contribution in [0.4, 0.5) is 4.39 Å². The van der Waals surface area contributed by atoms with Gasteiger partial charge in [-0.25, -0.2) is 4.39 Å². The standard InChI is InChI=1S/C14H21ClFNO2/c1-17-12(5-6-19-8-7-18-2)9-11-3-4-13(15)14(16)10-11/h3-4,10,12,17H,5-9H2,1-2H3. The number of methoxy groups -OCH3 is 1. The predicted octanol–water partition coefficient (Wildman–Crippen LogP) is 2.66. The number of likely N-dealkylation sites (N-methyl/N-ethyl adjacent to an activating group) is 1. The Kier molecular flexibility index (Phi) is 7.98. The number of ether oxygens (including phenoxy) is 2. The average molecular weight is 290 g/mol. The van der Waals surface area contributed by atoms with Gasteiger partial charge >= 0.3 is 0 Å². The van der Waals surface area contributed by atoms with Crippen molar-refractivity contribution >= 4 is 11.6 Å². The molecule has 0 spiro atoms. The molecule has 19 heavy (non-hydrogen) atoms. The third-order valence-corrected chi connectivity index (χ3v) is 3.22. The first kappa shape index (κ1) is 16.4. The molecule has 0 aliphatic carbocycles. The zero-order chi connectivity index (χ0) is 14.1. The molecule has 5 heteroatoms. The topological polar surface area (TPSA) is 30.5 Å². The van der Waals surface area contributed by atoms with Crippen LogP contribution >= 0.6 is 11.6 Å². The number of halogens is 2. The van der Waals surface area contributed by atoms with Gasteiger partial charge in [0.05, 0.1) is 18.2 Å². The summed E-state index contributed by atoms with van der Waals surface area (Å²) in [4.78, 5) is 0. The minimum absolute atomic E-state index is 0.160. The highest BCUT2D eigenvalue weighted by atomic mass is 35.5. The van der Waals surface area contributed by atoms with Crippen LogP contribution in [0, 0.1) is 5.82 Å². The van der Waals surface area contributed by atoms with Crippen molar-refractivity contribution in [2.75, 3.05) is 34.0 Å². The Morgan fingerprint density at radius 2 is 2.11 bits per heavy atom. The maximum Gasteiger partial charge on any atom is 0.142 e. The van der Waals surface area contributed by atoms with E-state index in [0.717, 1.165) is 18.4 Å². The van der Waals surface area contributed by atoms with Crippen LogP contribution in [0.5, 0.6) is 0 Å². The Morgan fingerprint density at radius 3 is 2.74 bits per heavy atom. The SMILES string of the molecule is CNC(CCOCCOC)Cc1ccc(Cl)c(F)c1. The molecule has 0 heterocycles. The molecule has 1 aromatic carbocycles. The molecule has 1 unspecified atom stereocenters. The quantitative estimate of drug-likeness (QED) is 0.709. The van der Waals surface area contributed by atoms with E-state index in [1.54, 1.807) is 13.2 Å². The van der Waals surface area contributed by atoms with Gasteiger partial charge in [0.25, 0.3) is 0 Å². The van der Waals surface area contributed by atoms with Crippen molar-refractivity contribution in [3.63, 3.8) is 0 Å². The number of benzene rings is 1. The molecule has 1 atom stereocenters. The minimum atomic E-state index is -0.370. The average Bonchev–Trinajstić information content (AvgIpc) is 2.41. The van der Waals surface area contributed by atoms with E-state index in [2.05, 4.69) is 5.32 Å². The lowest BCUT2D eigenvalue weighted by molar-refractivity contribution is 0.0661. The monoisotopic (exact) mass is 289 g/mol. The number of nitrogens with one attached hydrogen (secondary N) is 1. The van der Waals surface area contributed by atoms with Gasteiger partial charge in [-0.15, -0.1) is 0 Å². The molecule has 0 amide bonds. The highest BCUT2D eigenvalue weighted by molar-refractivity contribution is 6.30. The number of rotatable bonds is 9. The van der Waals surface area contributed by atoms with E-state index in [4.69, 9.17) is 21.1 Å². The first-order valence-corrected chi connectivity index (χ1v) is 6.73. The maximum absolute atomic E-state index is 13.3. The van der Waals surface area contributed by atoms with Gasteiger partial charge in [-0.2, -0.15) is 0 Å². The molecule has 1 rings (SSSR count). The van der Waals surface area contributed by atoms with Crippen LogP contribution in [0.25, 0.3) is 0 Å². The Hall–Kier alpha value is -0.680. The fourth-order valence-electron chi connectivity index (χ4n) is 1.77. The Balaban J connectivity index is 2.36. The molecule has 3 nitrogen and oxygen atoms in total. The van der Waals surface area contributed by atoms with Crippen molar-refractivity contribution in [3.05, 3.63) is 34.6 Å². The number of hydrogen-bond donors (Lipinski definition) is 1. The smallest absolute Gasteiger partial charge is 0.142 e. The molecular weight excluding hydrogens is 269 g/mol. The Morgan fingerprint density at radius 1 is 1.32 bits per heavy atom. The summed E-state index contributed by atoms with van der Waals surface area (Å²) in [5.74, 6) is -0.370. The van der Waals surface area contributed by atoms with Crippen molar-refractivity contribution in [2.24, 2.45) is 0 Å². The van der Waals surface area contributed by atoms with Gasteiger partial charge in [-0.1, -0.05) is 17.7 Å². The van der Waals surface area contributed by atoms with Crippen LogP contribution in [-0.2, 0) is 15.9 Å². The third kappa shape index (κ3) is 6.34. The summed E-state index contributed by atoms with van der Waals surface area (Å²) in [5.41, 5.74) is 0.929. The van der Waals surface area contributed by atoms with E-state index in [0.29, 0.717) is 19.8 Å². The molecule has 0 bridgehead atoms. The summed E-state index contributed by atoms with van der Waals surface area (Å²) in [6.45, 7) is 1.86. The fraction of sp³-hybridized carbons (Fsp3) is 0.571. The lowest BCUT2D eigenvalue weighted by Crippen LogP contribution is -2.29. The van der Waals surface area contributed by atoms with E-state index in [-0.39, 0.29) is 16.9 Å². The summed E-state index contributed by atoms with van der Waals surface area (Å²) >= 11 is 5.66. The van der Waals surface area contributed by atoms with Gasteiger partial charge in [-0.3, -0.25) is 0 Å². The van der Waals surface area contributed by atoms with Crippen molar-refractivity contribution < 1.29 is 13.9 Å². The lowest BCUT2D eigenvalue weighted by atomic mass is 10.0. The highest BCUT2D eigenvalue weighted by Gasteiger charge is 2.09. The van der Waals surface area contributed by atoms with Gasteiger partial charge in [0.2, 0.25) is 0 Å². The largest absolute Gasteiger partial charge is 0.382 e. The summed E-state index contributed by atoms with van der Waals surface area (Å²) in [6, 6.07) is 5.18. The fourth-order valence-corrected chi connectivity index (χ4v) is 1.89. The molecule has 0 aliphatic heterocycles. The molecule has 0 aromatic heterocycles. The van der Waals surface area contributed by atoms with Gasteiger partial charge in [0, 0.05) is 19.8 Å². The van der Waals surface area contributed by atoms with Crippen LogP contribution in [0.1, 0.15) is 12.0 Å². The van der Waals surface area contributed by atoms with Gasteiger partial charge < -0.3 is 14.8 Å². The minimum Gasteiger partial charge on any atom is -0.382 e. The van der Waals surface area contributed by atoms with Crippen LogP contribution in [-0.4, -0.2) is 40.0 Å². The van der Waals surface area contributed by atoms with Crippen molar-refractivity contribution in [2.45, 2.75) is 18.9 Å². The van der Waals surface area contributed by atoms with E-state index < -0.39 is 0 Å². The molecular formula is C14H21ClFNO2. The first-order valence-electron chi connectivity index (χ1n) is 6.35. The highest BCUT2D eigenvalue weighted by Crippen LogP contribution is 2.17. The molecule has 1 aromatic rings. The van der Waals surface area contributed by atoms with Gasteiger partial charge in [0.15, 0.2) is 0 Å². The van der Waals surface area contributed by atoms with E-state index >= 15 is 0 Å². The molecule has 0 saturated carbocycles. The normalized spacial score (nSPS) is 12.6. The third-order valence-electron chi connectivity index (χ3n) is 2.92. The van der Waals surface area contributed by atoms with Gasteiger partial charge in [-0.05, 0) is 37.6 Å². The Labute approximate surface area is 119 Å². The van der Waals surface area contributed by atoms with E-state index in [1.165, 1.54) is 6.07 Å². The Bertz CT molecular complexity index is 376. The van der Waals surface area contributed by atoms with Crippen molar-refractivity contribution in [1.29, 1.82) is 0 Å². The maximum atomic E-state index is 13.3. The van der Waals surface area contributed by atoms with E-state index in [9.17, 15) is 4.39 Å². The van der Waals surface area contributed by atoms with Crippen LogP contribution in [0.3, 0.4) is 0 Å². The number of hydrogen-bond acceptors (Lipinski definition) is 3. The summed E-state index contributed by atoms with van der Waals surface area (Å²) in [7, 11) is 3.54. The van der Waals surface area contributed by atoms with Crippen molar-refractivity contribution in [1.82, 2.24) is 5.32 Å². The lowest BCUT2D eigenvalue weighted by Gasteiger charge is -2.16. The van der Waals surface area contributed by atoms with E-state index in [1.807, 2.05) is 13.1 Å².